The van der Waals surface area contributed by atoms with E-state index in [1.165, 1.54) is 0 Å². The van der Waals surface area contributed by atoms with E-state index in [0.29, 0.717) is 5.02 Å². The lowest BCUT2D eigenvalue weighted by atomic mass is 10.0. The zero-order valence-corrected chi connectivity index (χ0v) is 10.2. The van der Waals surface area contributed by atoms with Crippen LogP contribution in [-0.4, -0.2) is 0 Å². The van der Waals surface area contributed by atoms with Crippen LogP contribution in [0.2, 0.25) is 5.02 Å². The van der Waals surface area contributed by atoms with Crippen molar-refractivity contribution in [3.8, 4) is 11.1 Å². The van der Waals surface area contributed by atoms with Gasteiger partial charge in [0, 0.05) is 26.3 Å². The van der Waals surface area contributed by atoms with Gasteiger partial charge in [-0.25, -0.2) is 0 Å². The first kappa shape index (κ1) is 10.5. The summed E-state index contributed by atoms with van der Waals surface area (Å²) in [5.74, 6) is 0. The van der Waals surface area contributed by atoms with Crippen LogP contribution >= 0.6 is 27.5 Å². The molecule has 3 heteroatoms. The van der Waals surface area contributed by atoms with E-state index in [2.05, 4.69) is 15.9 Å². The minimum atomic E-state index is 0.697. The molecule has 2 N–H and O–H groups in total. The third kappa shape index (κ3) is 2.16. The van der Waals surface area contributed by atoms with Crippen LogP contribution < -0.4 is 5.73 Å². The summed E-state index contributed by atoms with van der Waals surface area (Å²) in [5.41, 5.74) is 8.55. The Bertz CT molecular complexity index is 497. The number of hydrogen-bond acceptors (Lipinski definition) is 1. The fraction of sp³-hybridized carbons (Fsp3) is 0. The minimum absolute atomic E-state index is 0.697. The van der Waals surface area contributed by atoms with Gasteiger partial charge in [0.15, 0.2) is 0 Å². The van der Waals surface area contributed by atoms with Crippen LogP contribution in [0.15, 0.2) is 46.9 Å². The molecule has 0 radical (unpaired) electrons. The molecule has 0 aliphatic heterocycles. The number of rotatable bonds is 1. The van der Waals surface area contributed by atoms with Gasteiger partial charge in [0.25, 0.3) is 0 Å². The number of para-hydroxylation sites is 1. The first-order valence-electron chi connectivity index (χ1n) is 4.48. The van der Waals surface area contributed by atoms with Crippen molar-refractivity contribution in [2.24, 2.45) is 0 Å². The Labute approximate surface area is 102 Å². The van der Waals surface area contributed by atoms with Gasteiger partial charge in [-0.3, -0.25) is 0 Å². The summed E-state index contributed by atoms with van der Waals surface area (Å²) in [4.78, 5) is 0. The van der Waals surface area contributed by atoms with Crippen LogP contribution in [0.4, 0.5) is 5.69 Å². The van der Waals surface area contributed by atoms with Gasteiger partial charge in [0.05, 0.1) is 0 Å². The van der Waals surface area contributed by atoms with E-state index in [1.807, 2.05) is 42.5 Å². The number of nitrogens with two attached hydrogens (primary N) is 1. The van der Waals surface area contributed by atoms with Crippen LogP contribution in [0.25, 0.3) is 11.1 Å². The van der Waals surface area contributed by atoms with E-state index in [-0.39, 0.29) is 0 Å². The maximum Gasteiger partial charge on any atom is 0.0496 e. The molecule has 0 heterocycles. The molecular formula is C12H9BrClN. The predicted molar refractivity (Wildman–Crippen MR) is 69.0 cm³/mol. The Hall–Kier alpha value is -0.990. The molecule has 2 aromatic rings. The van der Waals surface area contributed by atoms with Gasteiger partial charge in [0.1, 0.15) is 0 Å². The lowest BCUT2D eigenvalue weighted by molar-refractivity contribution is 1.59. The second-order valence-corrected chi connectivity index (χ2v) is 4.53. The number of benzene rings is 2. The summed E-state index contributed by atoms with van der Waals surface area (Å²) in [6, 6.07) is 13.5. The molecule has 0 atom stereocenters. The molecule has 2 aromatic carbocycles. The lowest BCUT2D eigenvalue weighted by Gasteiger charge is -2.07. The van der Waals surface area contributed by atoms with Crippen LogP contribution in [0.1, 0.15) is 0 Å². The SMILES string of the molecule is Nc1ccccc1-c1ccc(Br)cc1Cl. The van der Waals surface area contributed by atoms with E-state index in [4.69, 9.17) is 17.3 Å². The van der Waals surface area contributed by atoms with Crippen LogP contribution in [-0.2, 0) is 0 Å². The average molecular weight is 283 g/mol. The molecule has 76 valence electrons. The largest absolute Gasteiger partial charge is 0.398 e. The number of nitrogen functional groups attached to an aromatic ring is 1. The van der Waals surface area contributed by atoms with Gasteiger partial charge in [-0.15, -0.1) is 0 Å². The summed E-state index contributed by atoms with van der Waals surface area (Å²) in [7, 11) is 0. The third-order valence-electron chi connectivity index (χ3n) is 2.18. The van der Waals surface area contributed by atoms with Crippen molar-refractivity contribution in [3.05, 3.63) is 52.0 Å². The highest BCUT2D eigenvalue weighted by molar-refractivity contribution is 9.10. The fourth-order valence-electron chi connectivity index (χ4n) is 1.45. The highest BCUT2D eigenvalue weighted by Crippen LogP contribution is 2.33. The Morgan fingerprint density at radius 2 is 1.73 bits per heavy atom. The zero-order chi connectivity index (χ0) is 10.8. The van der Waals surface area contributed by atoms with Crippen molar-refractivity contribution < 1.29 is 0 Å². The Morgan fingerprint density at radius 1 is 1.00 bits per heavy atom. The molecule has 0 saturated carbocycles. The number of anilines is 1. The van der Waals surface area contributed by atoms with E-state index in [9.17, 15) is 0 Å². The predicted octanol–water partition coefficient (Wildman–Crippen LogP) is 4.35. The third-order valence-corrected chi connectivity index (χ3v) is 2.99. The highest BCUT2D eigenvalue weighted by Gasteiger charge is 2.06. The van der Waals surface area contributed by atoms with Crippen LogP contribution in [0, 0.1) is 0 Å². The van der Waals surface area contributed by atoms with Gasteiger partial charge < -0.3 is 5.73 Å². The molecule has 0 aromatic heterocycles. The summed E-state index contributed by atoms with van der Waals surface area (Å²) in [5, 5.41) is 0.697. The van der Waals surface area contributed by atoms with E-state index in [1.54, 1.807) is 0 Å². The highest BCUT2D eigenvalue weighted by atomic mass is 79.9. The number of hydrogen-bond donors (Lipinski definition) is 1. The van der Waals surface area contributed by atoms with Crippen molar-refractivity contribution in [1.82, 2.24) is 0 Å². The van der Waals surface area contributed by atoms with Gasteiger partial charge in [-0.2, -0.15) is 0 Å². The van der Waals surface area contributed by atoms with Crippen molar-refractivity contribution in [1.29, 1.82) is 0 Å². The molecule has 0 aliphatic rings. The van der Waals surface area contributed by atoms with Crippen molar-refractivity contribution in [2.45, 2.75) is 0 Å². The van der Waals surface area contributed by atoms with Gasteiger partial charge in [-0.1, -0.05) is 51.8 Å². The molecule has 2 rings (SSSR count). The second-order valence-electron chi connectivity index (χ2n) is 3.21. The first-order chi connectivity index (χ1) is 7.18. The Balaban J connectivity index is 2.60. The molecule has 15 heavy (non-hydrogen) atoms. The smallest absolute Gasteiger partial charge is 0.0496 e. The molecule has 0 spiro atoms. The fourth-order valence-corrected chi connectivity index (χ4v) is 2.23. The molecule has 0 bridgehead atoms. The Kier molecular flexibility index (Phi) is 2.98. The molecule has 0 unspecified atom stereocenters. The first-order valence-corrected chi connectivity index (χ1v) is 5.65. The van der Waals surface area contributed by atoms with Crippen molar-refractivity contribution >= 4 is 33.2 Å². The van der Waals surface area contributed by atoms with E-state index in [0.717, 1.165) is 21.3 Å². The van der Waals surface area contributed by atoms with Crippen LogP contribution in [0.5, 0.6) is 0 Å². The van der Waals surface area contributed by atoms with Crippen LogP contribution in [0.3, 0.4) is 0 Å². The molecule has 0 saturated heterocycles. The lowest BCUT2D eigenvalue weighted by Crippen LogP contribution is -1.89. The number of halogens is 2. The molecule has 0 aliphatic carbocycles. The van der Waals surface area contributed by atoms with E-state index < -0.39 is 0 Å². The monoisotopic (exact) mass is 281 g/mol. The van der Waals surface area contributed by atoms with Gasteiger partial charge in [0.2, 0.25) is 0 Å². The quantitative estimate of drug-likeness (QED) is 0.773. The standard InChI is InChI=1S/C12H9BrClN/c13-8-5-6-9(11(14)7-8)10-3-1-2-4-12(10)15/h1-7H,15H2. The van der Waals surface area contributed by atoms with Gasteiger partial charge >= 0.3 is 0 Å². The summed E-state index contributed by atoms with van der Waals surface area (Å²) < 4.78 is 0.964. The van der Waals surface area contributed by atoms with Crippen molar-refractivity contribution in [3.63, 3.8) is 0 Å². The second kappa shape index (κ2) is 4.25. The topological polar surface area (TPSA) is 26.0 Å². The zero-order valence-electron chi connectivity index (χ0n) is 7.87. The maximum atomic E-state index is 6.15. The molecule has 1 nitrogen and oxygen atoms in total. The average Bonchev–Trinajstić information content (AvgIpc) is 2.20. The summed E-state index contributed by atoms with van der Waals surface area (Å²) in [6.45, 7) is 0. The molecular weight excluding hydrogens is 273 g/mol. The van der Waals surface area contributed by atoms with E-state index >= 15 is 0 Å². The van der Waals surface area contributed by atoms with Gasteiger partial charge in [-0.05, 0) is 18.2 Å². The summed E-state index contributed by atoms with van der Waals surface area (Å²) >= 11 is 9.52. The van der Waals surface area contributed by atoms with Crippen molar-refractivity contribution in [2.75, 3.05) is 5.73 Å². The molecule has 0 fully saturated rings. The minimum Gasteiger partial charge on any atom is -0.398 e. The Morgan fingerprint density at radius 3 is 2.40 bits per heavy atom. The maximum absolute atomic E-state index is 6.15. The molecule has 0 amide bonds. The normalized spacial score (nSPS) is 10.3. The summed E-state index contributed by atoms with van der Waals surface area (Å²) in [6.07, 6.45) is 0.